The monoisotopic (exact) mass is 266 g/mol. The Balaban J connectivity index is 2.00. The largest absolute Gasteiger partial charge is 0.332 e. The summed E-state index contributed by atoms with van der Waals surface area (Å²) in [5.74, 6) is 0.814. The lowest BCUT2D eigenvalue weighted by atomic mass is 10.1. The van der Waals surface area contributed by atoms with E-state index in [4.69, 9.17) is 11.6 Å². The third-order valence-electron chi connectivity index (χ3n) is 2.67. The van der Waals surface area contributed by atoms with Crippen molar-refractivity contribution in [3.63, 3.8) is 0 Å². The summed E-state index contributed by atoms with van der Waals surface area (Å²) in [6, 6.07) is 4.02. The highest BCUT2D eigenvalue weighted by Gasteiger charge is 2.17. The average Bonchev–Trinajstić information content (AvgIpc) is 2.81. The summed E-state index contributed by atoms with van der Waals surface area (Å²) >= 11 is 7.58. The molecule has 3 heterocycles. The van der Waals surface area contributed by atoms with E-state index in [0.29, 0.717) is 5.28 Å². The maximum Gasteiger partial charge on any atom is 0.224 e. The van der Waals surface area contributed by atoms with E-state index in [0.717, 1.165) is 41.6 Å². The highest BCUT2D eigenvalue weighted by molar-refractivity contribution is 7.14. The Labute approximate surface area is 108 Å². The van der Waals surface area contributed by atoms with Crippen LogP contribution in [0.4, 0.5) is 10.8 Å². The van der Waals surface area contributed by atoms with Crippen LogP contribution in [0.15, 0.2) is 17.5 Å². The minimum atomic E-state index is 0.310. The first-order valence-electron chi connectivity index (χ1n) is 5.39. The Hall–Kier alpha value is -1.17. The lowest BCUT2D eigenvalue weighted by molar-refractivity contribution is 0.628. The zero-order valence-corrected chi connectivity index (χ0v) is 10.6. The fourth-order valence-electron chi connectivity index (χ4n) is 1.88. The second kappa shape index (κ2) is 4.60. The van der Waals surface area contributed by atoms with E-state index < -0.39 is 0 Å². The molecule has 0 bridgehead atoms. The Morgan fingerprint density at radius 3 is 3.18 bits per heavy atom. The molecule has 0 fully saturated rings. The van der Waals surface area contributed by atoms with Gasteiger partial charge < -0.3 is 10.6 Å². The lowest BCUT2D eigenvalue weighted by Gasteiger charge is -2.19. The van der Waals surface area contributed by atoms with Gasteiger partial charge in [0.1, 0.15) is 5.82 Å². The van der Waals surface area contributed by atoms with Gasteiger partial charge in [-0.1, -0.05) is 0 Å². The van der Waals surface area contributed by atoms with Crippen molar-refractivity contribution in [2.75, 3.05) is 11.9 Å². The number of aromatic nitrogens is 2. The van der Waals surface area contributed by atoms with Crippen LogP contribution in [0.2, 0.25) is 5.28 Å². The third-order valence-corrected chi connectivity index (χ3v) is 3.62. The summed E-state index contributed by atoms with van der Waals surface area (Å²) in [6.07, 6.45) is 0.899. The Bertz CT molecular complexity index is 527. The van der Waals surface area contributed by atoms with E-state index in [1.807, 2.05) is 17.5 Å². The summed E-state index contributed by atoms with van der Waals surface area (Å²) in [5, 5.41) is 10.0. The molecule has 0 spiro atoms. The van der Waals surface area contributed by atoms with Crippen molar-refractivity contribution in [3.8, 4) is 0 Å². The standard InChI is InChI=1S/C11H11ClN4S/c12-11-14-8-3-4-13-6-7(8)10(16-11)15-9-2-1-5-17-9/h1-2,5,13H,3-4,6H2,(H,14,15,16). The number of thiophene rings is 1. The molecule has 3 rings (SSSR count). The van der Waals surface area contributed by atoms with Crippen LogP contribution in [-0.4, -0.2) is 16.5 Å². The molecule has 6 heteroatoms. The van der Waals surface area contributed by atoms with E-state index in [1.54, 1.807) is 11.3 Å². The number of hydrogen-bond acceptors (Lipinski definition) is 5. The molecule has 2 aromatic rings. The van der Waals surface area contributed by atoms with Crippen LogP contribution in [0.3, 0.4) is 0 Å². The molecule has 0 saturated carbocycles. The molecule has 0 amide bonds. The van der Waals surface area contributed by atoms with E-state index in [1.165, 1.54) is 0 Å². The van der Waals surface area contributed by atoms with Gasteiger partial charge in [0.25, 0.3) is 0 Å². The summed E-state index contributed by atoms with van der Waals surface area (Å²) in [6.45, 7) is 1.74. The molecule has 0 unspecified atom stereocenters. The van der Waals surface area contributed by atoms with Crippen molar-refractivity contribution in [1.82, 2.24) is 15.3 Å². The molecule has 2 aromatic heterocycles. The number of anilines is 2. The molecule has 17 heavy (non-hydrogen) atoms. The number of fused-ring (bicyclic) bond motifs is 1. The van der Waals surface area contributed by atoms with Crippen LogP contribution in [0.1, 0.15) is 11.3 Å². The maximum atomic E-state index is 5.94. The summed E-state index contributed by atoms with van der Waals surface area (Å²) in [7, 11) is 0. The lowest BCUT2D eigenvalue weighted by Crippen LogP contribution is -2.26. The van der Waals surface area contributed by atoms with E-state index in [9.17, 15) is 0 Å². The molecule has 1 aliphatic rings. The Morgan fingerprint density at radius 2 is 2.35 bits per heavy atom. The molecule has 1 aliphatic heterocycles. The van der Waals surface area contributed by atoms with Gasteiger partial charge in [-0.3, -0.25) is 0 Å². The average molecular weight is 267 g/mol. The molecule has 0 aromatic carbocycles. The molecule has 4 nitrogen and oxygen atoms in total. The minimum absolute atomic E-state index is 0.310. The van der Waals surface area contributed by atoms with Gasteiger partial charge in [0.2, 0.25) is 5.28 Å². The quantitative estimate of drug-likeness (QED) is 0.821. The van der Waals surface area contributed by atoms with Crippen LogP contribution in [0, 0.1) is 0 Å². The van der Waals surface area contributed by atoms with Crippen LogP contribution in [0.25, 0.3) is 0 Å². The topological polar surface area (TPSA) is 49.8 Å². The highest BCUT2D eigenvalue weighted by Crippen LogP contribution is 2.26. The number of hydrogen-bond donors (Lipinski definition) is 2. The Morgan fingerprint density at radius 1 is 1.41 bits per heavy atom. The van der Waals surface area contributed by atoms with Crippen molar-refractivity contribution >= 4 is 33.8 Å². The third kappa shape index (κ3) is 2.26. The zero-order valence-electron chi connectivity index (χ0n) is 9.03. The number of halogens is 1. The zero-order chi connectivity index (χ0) is 11.7. The molecule has 0 saturated heterocycles. The molecule has 0 atom stereocenters. The summed E-state index contributed by atoms with van der Waals surface area (Å²) in [5.41, 5.74) is 2.16. The van der Waals surface area contributed by atoms with Crippen molar-refractivity contribution in [1.29, 1.82) is 0 Å². The first-order valence-corrected chi connectivity index (χ1v) is 6.65. The number of rotatable bonds is 2. The molecule has 0 radical (unpaired) electrons. The molecule has 88 valence electrons. The molecular weight excluding hydrogens is 256 g/mol. The number of nitrogens with one attached hydrogen (secondary N) is 2. The maximum absolute atomic E-state index is 5.94. The fraction of sp³-hybridized carbons (Fsp3) is 0.273. The van der Waals surface area contributed by atoms with Crippen LogP contribution in [-0.2, 0) is 13.0 Å². The Kier molecular flexibility index (Phi) is 2.96. The van der Waals surface area contributed by atoms with Crippen LogP contribution in [0.5, 0.6) is 0 Å². The summed E-state index contributed by atoms with van der Waals surface area (Å²) < 4.78 is 0. The second-order valence-electron chi connectivity index (χ2n) is 3.80. The van der Waals surface area contributed by atoms with Gasteiger partial charge in [-0.2, -0.15) is 0 Å². The summed E-state index contributed by atoms with van der Waals surface area (Å²) in [4.78, 5) is 8.55. The van der Waals surface area contributed by atoms with Crippen molar-refractivity contribution in [3.05, 3.63) is 34.1 Å². The van der Waals surface area contributed by atoms with Gasteiger partial charge in [-0.05, 0) is 29.1 Å². The van der Waals surface area contributed by atoms with Gasteiger partial charge in [0, 0.05) is 25.1 Å². The highest BCUT2D eigenvalue weighted by atomic mass is 35.5. The minimum Gasteiger partial charge on any atom is -0.332 e. The van der Waals surface area contributed by atoms with Gasteiger partial charge in [0.05, 0.1) is 10.7 Å². The second-order valence-corrected chi connectivity index (χ2v) is 5.08. The van der Waals surface area contributed by atoms with Gasteiger partial charge in [-0.15, -0.1) is 11.3 Å². The van der Waals surface area contributed by atoms with Crippen molar-refractivity contribution < 1.29 is 0 Å². The van der Waals surface area contributed by atoms with Crippen LogP contribution >= 0.6 is 22.9 Å². The van der Waals surface area contributed by atoms with Crippen molar-refractivity contribution in [2.24, 2.45) is 0 Å². The van der Waals surface area contributed by atoms with Crippen molar-refractivity contribution in [2.45, 2.75) is 13.0 Å². The van der Waals surface area contributed by atoms with E-state index >= 15 is 0 Å². The predicted molar refractivity (Wildman–Crippen MR) is 70.1 cm³/mol. The predicted octanol–water partition coefficient (Wildman–Crippen LogP) is 2.58. The van der Waals surface area contributed by atoms with Gasteiger partial charge >= 0.3 is 0 Å². The van der Waals surface area contributed by atoms with E-state index in [-0.39, 0.29) is 0 Å². The fourth-order valence-corrected chi connectivity index (χ4v) is 2.69. The molecule has 0 aliphatic carbocycles. The smallest absolute Gasteiger partial charge is 0.224 e. The molecule has 2 N–H and O–H groups in total. The first kappa shape index (κ1) is 11.0. The first-order chi connectivity index (χ1) is 8.33. The SMILES string of the molecule is Clc1nc2c(c(Nc3cccs3)n1)CNCC2. The normalized spacial score (nSPS) is 14.4. The number of nitrogens with zero attached hydrogens (tertiary/aromatic N) is 2. The van der Waals surface area contributed by atoms with Gasteiger partial charge in [-0.25, -0.2) is 9.97 Å². The van der Waals surface area contributed by atoms with Crippen LogP contribution < -0.4 is 10.6 Å². The van der Waals surface area contributed by atoms with Gasteiger partial charge in [0.15, 0.2) is 0 Å². The van der Waals surface area contributed by atoms with E-state index in [2.05, 4.69) is 20.6 Å². The molecular formula is C11H11ClN4S.